The van der Waals surface area contributed by atoms with Gasteiger partial charge in [-0.15, -0.1) is 5.10 Å². The molecule has 0 amide bonds. The van der Waals surface area contributed by atoms with Gasteiger partial charge in [0.25, 0.3) is 0 Å². The van der Waals surface area contributed by atoms with Crippen molar-refractivity contribution < 1.29 is 14.3 Å². The molecule has 2 heterocycles. The molecule has 2 rings (SSSR count). The summed E-state index contributed by atoms with van der Waals surface area (Å²) in [7, 11) is 1.64. The number of nitrogens with zero attached hydrogens (tertiary/aromatic N) is 4. The third kappa shape index (κ3) is 3.63. The van der Waals surface area contributed by atoms with Crippen LogP contribution < -0.4 is 0 Å². The van der Waals surface area contributed by atoms with Crippen LogP contribution in [0.4, 0.5) is 0 Å². The van der Waals surface area contributed by atoms with E-state index in [1.807, 2.05) is 18.2 Å². The van der Waals surface area contributed by atoms with Crippen molar-refractivity contribution in [2.75, 3.05) is 20.3 Å². The third-order valence-corrected chi connectivity index (χ3v) is 2.83. The van der Waals surface area contributed by atoms with Crippen molar-refractivity contribution in [2.45, 2.75) is 19.9 Å². The molecule has 0 atom stereocenters. The Bertz CT molecular complexity index is 583. The molecule has 0 aliphatic heterocycles. The molecule has 7 nitrogen and oxygen atoms in total. The highest BCUT2D eigenvalue weighted by Crippen LogP contribution is 2.21. The first-order valence-corrected chi connectivity index (χ1v) is 6.78. The lowest BCUT2D eigenvalue weighted by Crippen LogP contribution is -2.10. The molecule has 7 heteroatoms. The number of carbonyl (C=O) groups excluding carboxylic acids is 1. The maximum atomic E-state index is 12.0. The largest absolute Gasteiger partial charge is 0.461 e. The maximum Gasteiger partial charge on any atom is 0.361 e. The van der Waals surface area contributed by atoms with Crippen molar-refractivity contribution in [1.29, 1.82) is 0 Å². The first-order chi connectivity index (χ1) is 10.3. The molecular weight excluding hydrogens is 272 g/mol. The average molecular weight is 290 g/mol. The number of methoxy groups -OCH3 is 1. The summed E-state index contributed by atoms with van der Waals surface area (Å²) in [6.45, 7) is 3.24. The molecule has 0 fully saturated rings. The van der Waals surface area contributed by atoms with Crippen LogP contribution in [0, 0.1) is 0 Å². The van der Waals surface area contributed by atoms with E-state index < -0.39 is 5.97 Å². The molecule has 0 radical (unpaired) electrons. The van der Waals surface area contributed by atoms with E-state index in [4.69, 9.17) is 9.47 Å². The summed E-state index contributed by atoms with van der Waals surface area (Å²) in [4.78, 5) is 16.3. The van der Waals surface area contributed by atoms with Gasteiger partial charge in [0.1, 0.15) is 5.69 Å². The molecule has 0 aromatic carbocycles. The minimum Gasteiger partial charge on any atom is -0.461 e. The minimum atomic E-state index is -0.490. The van der Waals surface area contributed by atoms with Crippen LogP contribution in [0.25, 0.3) is 11.4 Å². The second kappa shape index (κ2) is 7.49. The Morgan fingerprint density at radius 3 is 2.90 bits per heavy atom. The van der Waals surface area contributed by atoms with Gasteiger partial charge in [0.05, 0.1) is 12.3 Å². The quantitative estimate of drug-likeness (QED) is 0.568. The number of carbonyl (C=O) groups is 1. The lowest BCUT2D eigenvalue weighted by molar-refractivity contribution is 0.0520. The molecule has 0 saturated carbocycles. The van der Waals surface area contributed by atoms with Gasteiger partial charge in [0.15, 0.2) is 5.69 Å². The van der Waals surface area contributed by atoms with Gasteiger partial charge in [-0.3, -0.25) is 4.98 Å². The van der Waals surface area contributed by atoms with E-state index in [9.17, 15) is 4.79 Å². The molecule has 0 unspecified atom stereocenters. The fraction of sp³-hybridized carbons (Fsp3) is 0.429. The molecule has 2 aromatic rings. The average Bonchev–Trinajstić information content (AvgIpc) is 2.93. The van der Waals surface area contributed by atoms with Gasteiger partial charge in [-0.05, 0) is 25.5 Å². The summed E-state index contributed by atoms with van der Waals surface area (Å²) in [6.07, 6.45) is 2.43. The Hall–Kier alpha value is -2.28. The Kier molecular flexibility index (Phi) is 5.39. The number of ether oxygens (including phenoxy) is 2. The summed E-state index contributed by atoms with van der Waals surface area (Å²) in [5, 5.41) is 7.99. The summed E-state index contributed by atoms with van der Waals surface area (Å²) >= 11 is 0. The second-order valence-electron chi connectivity index (χ2n) is 4.29. The van der Waals surface area contributed by atoms with Crippen molar-refractivity contribution in [3.63, 3.8) is 0 Å². The van der Waals surface area contributed by atoms with Crippen LogP contribution in [0.2, 0.25) is 0 Å². The Morgan fingerprint density at radius 2 is 2.24 bits per heavy atom. The summed E-state index contributed by atoms with van der Waals surface area (Å²) in [6, 6.07) is 5.48. The van der Waals surface area contributed by atoms with E-state index in [0.29, 0.717) is 24.5 Å². The van der Waals surface area contributed by atoms with E-state index in [1.165, 1.54) is 0 Å². The molecule has 0 bridgehead atoms. The zero-order chi connectivity index (χ0) is 15.1. The highest BCUT2D eigenvalue weighted by molar-refractivity contribution is 5.93. The fourth-order valence-electron chi connectivity index (χ4n) is 1.92. The van der Waals surface area contributed by atoms with Crippen LogP contribution in [-0.2, 0) is 16.0 Å². The van der Waals surface area contributed by atoms with Crippen molar-refractivity contribution >= 4 is 5.97 Å². The first kappa shape index (κ1) is 15.1. The summed E-state index contributed by atoms with van der Waals surface area (Å²) in [5.41, 5.74) is 1.40. The van der Waals surface area contributed by atoms with E-state index in [1.54, 1.807) is 24.9 Å². The van der Waals surface area contributed by atoms with Gasteiger partial charge in [-0.1, -0.05) is 11.3 Å². The smallest absolute Gasteiger partial charge is 0.361 e. The molecule has 0 N–H and O–H groups in total. The normalized spacial score (nSPS) is 10.6. The van der Waals surface area contributed by atoms with Crippen LogP contribution in [0.1, 0.15) is 23.8 Å². The van der Waals surface area contributed by atoms with Gasteiger partial charge in [-0.25, -0.2) is 9.48 Å². The SMILES string of the molecule is CCOC(=O)c1nnn(CCCOC)c1-c1ccccn1. The fourth-order valence-corrected chi connectivity index (χ4v) is 1.92. The highest BCUT2D eigenvalue weighted by Gasteiger charge is 2.22. The number of esters is 1. The molecule has 112 valence electrons. The number of rotatable bonds is 7. The van der Waals surface area contributed by atoms with E-state index in [-0.39, 0.29) is 12.3 Å². The van der Waals surface area contributed by atoms with Crippen molar-refractivity contribution in [1.82, 2.24) is 20.0 Å². The predicted octanol–water partition coefficient (Wildman–Crippen LogP) is 1.55. The molecule has 0 spiro atoms. The van der Waals surface area contributed by atoms with Crippen LogP contribution in [-0.4, -0.2) is 46.3 Å². The third-order valence-electron chi connectivity index (χ3n) is 2.83. The molecule has 0 aliphatic rings. The van der Waals surface area contributed by atoms with E-state index in [0.717, 1.165) is 6.42 Å². The number of aryl methyl sites for hydroxylation is 1. The zero-order valence-corrected chi connectivity index (χ0v) is 12.2. The van der Waals surface area contributed by atoms with Gasteiger partial charge >= 0.3 is 5.97 Å². The van der Waals surface area contributed by atoms with Gasteiger partial charge in [0.2, 0.25) is 0 Å². The first-order valence-electron chi connectivity index (χ1n) is 6.78. The zero-order valence-electron chi connectivity index (χ0n) is 12.2. The van der Waals surface area contributed by atoms with Crippen LogP contribution in [0.5, 0.6) is 0 Å². The lowest BCUT2D eigenvalue weighted by Gasteiger charge is -2.07. The highest BCUT2D eigenvalue weighted by atomic mass is 16.5. The standard InChI is InChI=1S/C14H18N4O3/c1-3-21-14(19)12-13(11-7-4-5-8-15-11)18(17-16-12)9-6-10-20-2/h4-5,7-8H,3,6,9-10H2,1-2H3. The molecule has 0 aliphatic carbocycles. The Morgan fingerprint density at radius 1 is 1.38 bits per heavy atom. The molecule has 21 heavy (non-hydrogen) atoms. The molecular formula is C14H18N4O3. The number of hydrogen-bond acceptors (Lipinski definition) is 6. The van der Waals surface area contributed by atoms with Crippen molar-refractivity contribution in [3.05, 3.63) is 30.1 Å². The van der Waals surface area contributed by atoms with Crippen LogP contribution >= 0.6 is 0 Å². The van der Waals surface area contributed by atoms with Crippen molar-refractivity contribution in [2.24, 2.45) is 0 Å². The monoisotopic (exact) mass is 290 g/mol. The molecule has 2 aromatic heterocycles. The Labute approximate surface area is 122 Å². The summed E-state index contributed by atoms with van der Waals surface area (Å²) < 4.78 is 11.7. The maximum absolute atomic E-state index is 12.0. The Balaban J connectivity index is 2.35. The minimum absolute atomic E-state index is 0.188. The van der Waals surface area contributed by atoms with Crippen molar-refractivity contribution in [3.8, 4) is 11.4 Å². The van der Waals surface area contributed by atoms with Crippen LogP contribution in [0.15, 0.2) is 24.4 Å². The number of pyridine rings is 1. The number of aromatic nitrogens is 4. The number of hydrogen-bond donors (Lipinski definition) is 0. The second-order valence-corrected chi connectivity index (χ2v) is 4.29. The van der Waals surface area contributed by atoms with E-state index >= 15 is 0 Å². The van der Waals surface area contributed by atoms with Gasteiger partial charge in [-0.2, -0.15) is 0 Å². The van der Waals surface area contributed by atoms with E-state index in [2.05, 4.69) is 15.3 Å². The van der Waals surface area contributed by atoms with Crippen LogP contribution in [0.3, 0.4) is 0 Å². The topological polar surface area (TPSA) is 79.1 Å². The molecule has 0 saturated heterocycles. The predicted molar refractivity (Wildman–Crippen MR) is 75.7 cm³/mol. The van der Waals surface area contributed by atoms with Gasteiger partial charge in [0, 0.05) is 26.5 Å². The lowest BCUT2D eigenvalue weighted by atomic mass is 10.2. The van der Waals surface area contributed by atoms with Gasteiger partial charge < -0.3 is 9.47 Å². The summed E-state index contributed by atoms with van der Waals surface area (Å²) in [5.74, 6) is -0.490.